The van der Waals surface area contributed by atoms with E-state index in [0.717, 1.165) is 49.9 Å². The zero-order chi connectivity index (χ0) is 19.3. The molecular formula is C21H27N3O4. The van der Waals surface area contributed by atoms with Crippen molar-refractivity contribution in [3.63, 3.8) is 0 Å². The average Bonchev–Trinajstić information content (AvgIpc) is 3.18. The smallest absolute Gasteiger partial charge is 0.318 e. The number of hydrogen-bond donors (Lipinski definition) is 1. The van der Waals surface area contributed by atoms with Crippen LogP contribution in [0.1, 0.15) is 23.8 Å². The van der Waals surface area contributed by atoms with Gasteiger partial charge in [0.25, 0.3) is 0 Å². The lowest BCUT2D eigenvalue weighted by atomic mass is 10.1. The van der Waals surface area contributed by atoms with Gasteiger partial charge in [-0.15, -0.1) is 0 Å². The summed E-state index contributed by atoms with van der Waals surface area (Å²) in [6.45, 7) is 7.74. The predicted octanol–water partition coefficient (Wildman–Crippen LogP) is 2.60. The second-order valence-electron chi connectivity index (χ2n) is 7.36. The van der Waals surface area contributed by atoms with Gasteiger partial charge >= 0.3 is 6.03 Å². The van der Waals surface area contributed by atoms with Gasteiger partial charge in [-0.25, -0.2) is 4.79 Å². The largest absolute Gasteiger partial charge is 0.491 e. The molecule has 7 nitrogen and oxygen atoms in total. The van der Waals surface area contributed by atoms with Gasteiger partial charge in [0.1, 0.15) is 18.1 Å². The van der Waals surface area contributed by atoms with Crippen molar-refractivity contribution >= 4 is 6.03 Å². The van der Waals surface area contributed by atoms with Crippen molar-refractivity contribution in [1.29, 1.82) is 0 Å². The molecule has 1 aromatic heterocycles. The molecule has 0 aliphatic carbocycles. The molecule has 28 heavy (non-hydrogen) atoms. The number of carbonyl (C=O) groups excluding carboxylic acids is 1. The lowest BCUT2D eigenvalue weighted by molar-refractivity contribution is 0.0342. The summed E-state index contributed by atoms with van der Waals surface area (Å²) in [6, 6.07) is 9.84. The van der Waals surface area contributed by atoms with E-state index in [1.807, 2.05) is 30.0 Å². The Bertz CT molecular complexity index is 787. The van der Waals surface area contributed by atoms with Gasteiger partial charge in [-0.2, -0.15) is 0 Å². The van der Waals surface area contributed by atoms with Gasteiger partial charge in [0.05, 0.1) is 38.6 Å². The number of morpholine rings is 1. The first-order chi connectivity index (χ1) is 13.7. The number of nitrogens with one attached hydrogen (secondary N) is 1. The Balaban J connectivity index is 1.44. The van der Waals surface area contributed by atoms with Gasteiger partial charge < -0.3 is 24.1 Å². The van der Waals surface area contributed by atoms with Crippen molar-refractivity contribution in [2.24, 2.45) is 0 Å². The minimum atomic E-state index is -0.112. The van der Waals surface area contributed by atoms with Crippen molar-refractivity contribution in [3.05, 3.63) is 53.5 Å². The summed E-state index contributed by atoms with van der Waals surface area (Å²) >= 11 is 0. The number of carbonyl (C=O) groups is 1. The third-order valence-electron chi connectivity index (χ3n) is 5.24. The third kappa shape index (κ3) is 4.48. The highest BCUT2D eigenvalue weighted by Crippen LogP contribution is 2.27. The SMILES string of the molecule is C[C@H]1COc2ccc(CN3CCOCC3)cc2CN1C(=O)NCc1ccco1. The molecule has 0 spiro atoms. The van der Waals surface area contributed by atoms with Crippen LogP contribution in [0.25, 0.3) is 0 Å². The van der Waals surface area contributed by atoms with Crippen LogP contribution in [0.5, 0.6) is 5.75 Å². The van der Waals surface area contributed by atoms with E-state index in [1.54, 1.807) is 6.26 Å². The number of fused-ring (bicyclic) bond motifs is 1. The predicted molar refractivity (Wildman–Crippen MR) is 104 cm³/mol. The second kappa shape index (κ2) is 8.67. The van der Waals surface area contributed by atoms with Crippen molar-refractivity contribution in [2.75, 3.05) is 32.9 Å². The molecule has 7 heteroatoms. The number of furan rings is 1. The van der Waals surface area contributed by atoms with Crippen LogP contribution in [0.3, 0.4) is 0 Å². The van der Waals surface area contributed by atoms with Crippen LogP contribution >= 0.6 is 0 Å². The molecule has 2 aliphatic rings. The van der Waals surface area contributed by atoms with E-state index in [-0.39, 0.29) is 12.1 Å². The average molecular weight is 385 g/mol. The standard InChI is InChI=1S/C21H27N3O4/c1-16-15-28-20-5-4-17(13-23-6-9-26-10-7-23)11-18(20)14-24(16)21(25)22-12-19-3-2-8-27-19/h2-5,8,11,16H,6-7,9-10,12-15H2,1H3,(H,22,25)/t16-/m0/s1. The van der Waals surface area contributed by atoms with Gasteiger partial charge in [0.2, 0.25) is 0 Å². The van der Waals surface area contributed by atoms with E-state index in [9.17, 15) is 4.79 Å². The molecule has 1 N–H and O–H groups in total. The van der Waals surface area contributed by atoms with Crippen molar-refractivity contribution < 1.29 is 18.7 Å². The highest BCUT2D eigenvalue weighted by molar-refractivity contribution is 5.74. The number of rotatable bonds is 4. The van der Waals surface area contributed by atoms with Crippen molar-refractivity contribution in [1.82, 2.24) is 15.1 Å². The zero-order valence-electron chi connectivity index (χ0n) is 16.2. The first kappa shape index (κ1) is 18.8. The highest BCUT2D eigenvalue weighted by atomic mass is 16.5. The number of nitrogens with zero attached hydrogens (tertiary/aromatic N) is 2. The summed E-state index contributed by atoms with van der Waals surface area (Å²) in [4.78, 5) is 17.0. The third-order valence-corrected chi connectivity index (χ3v) is 5.24. The van der Waals surface area contributed by atoms with E-state index in [0.29, 0.717) is 19.7 Å². The fourth-order valence-corrected chi connectivity index (χ4v) is 3.60. The topological polar surface area (TPSA) is 67.2 Å². The Kier molecular flexibility index (Phi) is 5.83. The fraction of sp³-hybridized carbons (Fsp3) is 0.476. The summed E-state index contributed by atoms with van der Waals surface area (Å²) in [5.41, 5.74) is 2.28. The Hall–Kier alpha value is -2.51. The van der Waals surface area contributed by atoms with Gasteiger partial charge in [-0.05, 0) is 36.8 Å². The molecule has 150 valence electrons. The number of hydrogen-bond acceptors (Lipinski definition) is 5. The Labute approximate surface area is 165 Å². The van der Waals surface area contributed by atoms with Gasteiger partial charge in [-0.1, -0.05) is 6.07 Å². The maximum Gasteiger partial charge on any atom is 0.318 e. The summed E-state index contributed by atoms with van der Waals surface area (Å²) < 4.78 is 16.7. The zero-order valence-corrected chi connectivity index (χ0v) is 16.2. The molecule has 1 atom stereocenters. The first-order valence-electron chi connectivity index (χ1n) is 9.80. The lowest BCUT2D eigenvalue weighted by Crippen LogP contribution is -2.45. The summed E-state index contributed by atoms with van der Waals surface area (Å²) in [6.07, 6.45) is 1.61. The van der Waals surface area contributed by atoms with E-state index in [2.05, 4.69) is 22.3 Å². The number of amides is 2. The maximum atomic E-state index is 12.8. The van der Waals surface area contributed by atoms with Crippen LogP contribution in [-0.2, 0) is 24.4 Å². The number of benzene rings is 1. The Morgan fingerprint density at radius 2 is 2.11 bits per heavy atom. The minimum Gasteiger partial charge on any atom is -0.491 e. The molecule has 2 aliphatic heterocycles. The summed E-state index contributed by atoms with van der Waals surface area (Å²) in [7, 11) is 0. The summed E-state index contributed by atoms with van der Waals surface area (Å²) in [5.74, 6) is 1.60. The molecule has 3 heterocycles. The molecule has 4 rings (SSSR count). The monoisotopic (exact) mass is 385 g/mol. The first-order valence-corrected chi connectivity index (χ1v) is 9.80. The van der Waals surface area contributed by atoms with Crippen LogP contribution in [0.2, 0.25) is 0 Å². The molecule has 2 aromatic rings. The fourth-order valence-electron chi connectivity index (χ4n) is 3.60. The van der Waals surface area contributed by atoms with Gasteiger partial charge in [0, 0.05) is 25.2 Å². The highest BCUT2D eigenvalue weighted by Gasteiger charge is 2.26. The van der Waals surface area contributed by atoms with Crippen LogP contribution in [0, 0.1) is 0 Å². The van der Waals surface area contributed by atoms with Crippen LogP contribution < -0.4 is 10.1 Å². The Morgan fingerprint density at radius 1 is 1.25 bits per heavy atom. The molecule has 2 amide bonds. The molecule has 0 unspecified atom stereocenters. The lowest BCUT2D eigenvalue weighted by Gasteiger charge is -2.27. The van der Waals surface area contributed by atoms with Gasteiger partial charge in [0.15, 0.2) is 0 Å². The molecule has 0 saturated carbocycles. The summed E-state index contributed by atoms with van der Waals surface area (Å²) in [5, 5.41) is 2.94. The van der Waals surface area contributed by atoms with Crippen LogP contribution in [0.15, 0.2) is 41.0 Å². The minimum absolute atomic E-state index is 0.0216. The van der Waals surface area contributed by atoms with Crippen molar-refractivity contribution in [2.45, 2.75) is 32.6 Å². The second-order valence-corrected chi connectivity index (χ2v) is 7.36. The van der Waals surface area contributed by atoms with E-state index >= 15 is 0 Å². The van der Waals surface area contributed by atoms with Gasteiger partial charge in [-0.3, -0.25) is 4.90 Å². The number of urea groups is 1. The molecule has 0 radical (unpaired) electrons. The Morgan fingerprint density at radius 3 is 2.89 bits per heavy atom. The van der Waals surface area contributed by atoms with Crippen LogP contribution in [0.4, 0.5) is 4.79 Å². The molecule has 0 bridgehead atoms. The normalized spacial score (nSPS) is 20.2. The van der Waals surface area contributed by atoms with Crippen LogP contribution in [-0.4, -0.2) is 54.8 Å². The molecule has 1 aromatic carbocycles. The molecular weight excluding hydrogens is 358 g/mol. The van der Waals surface area contributed by atoms with E-state index in [4.69, 9.17) is 13.9 Å². The molecule has 1 fully saturated rings. The van der Waals surface area contributed by atoms with E-state index in [1.165, 1.54) is 5.56 Å². The van der Waals surface area contributed by atoms with E-state index < -0.39 is 0 Å². The quantitative estimate of drug-likeness (QED) is 0.876. The van der Waals surface area contributed by atoms with Crippen molar-refractivity contribution in [3.8, 4) is 5.75 Å². The maximum absolute atomic E-state index is 12.8. The molecule has 1 saturated heterocycles. The number of ether oxygens (including phenoxy) is 2.